The summed E-state index contributed by atoms with van der Waals surface area (Å²) in [7, 11) is 0. The molecule has 192 valence electrons. The summed E-state index contributed by atoms with van der Waals surface area (Å²) >= 11 is 0. The van der Waals surface area contributed by atoms with Gasteiger partial charge in [0.25, 0.3) is 11.5 Å². The minimum atomic E-state index is -0.608. The van der Waals surface area contributed by atoms with Crippen molar-refractivity contribution in [2.24, 2.45) is 5.73 Å². The number of rotatable bonds is 8. The third-order valence-electron chi connectivity index (χ3n) is 6.42. The van der Waals surface area contributed by atoms with Gasteiger partial charge in [0.05, 0.1) is 28.6 Å². The summed E-state index contributed by atoms with van der Waals surface area (Å²) in [6, 6.07) is 8.83. The maximum atomic E-state index is 13.7. The van der Waals surface area contributed by atoms with Crippen LogP contribution >= 0.6 is 0 Å². The molecule has 4 aromatic heterocycles. The fourth-order valence-corrected chi connectivity index (χ4v) is 4.31. The molecule has 4 heterocycles. The molecule has 1 aliphatic carbocycles. The number of amides is 1. The molecule has 1 amide bonds. The highest BCUT2D eigenvalue weighted by atomic mass is 16.5. The number of hydrogen-bond donors (Lipinski definition) is 1. The number of imidazole rings is 1. The largest absolute Gasteiger partial charge is 0.482 e. The van der Waals surface area contributed by atoms with Crippen molar-refractivity contribution in [2.75, 3.05) is 6.61 Å². The fraction of sp³-hybridized carbons (Fsp3) is 0.269. The lowest BCUT2D eigenvalue weighted by atomic mass is 10.2. The van der Waals surface area contributed by atoms with Crippen molar-refractivity contribution in [3.63, 3.8) is 0 Å². The molecule has 1 fully saturated rings. The van der Waals surface area contributed by atoms with E-state index in [2.05, 4.69) is 25.1 Å². The molecule has 0 unspecified atom stereocenters. The summed E-state index contributed by atoms with van der Waals surface area (Å²) < 4.78 is 10.8. The summed E-state index contributed by atoms with van der Waals surface area (Å²) in [5.74, 6) is 1.21. The number of carbonyl (C=O) groups excluding carboxylic acids is 1. The van der Waals surface area contributed by atoms with E-state index in [9.17, 15) is 9.59 Å². The predicted molar refractivity (Wildman–Crippen MR) is 138 cm³/mol. The van der Waals surface area contributed by atoms with Gasteiger partial charge >= 0.3 is 0 Å². The number of nitrogens with zero attached hydrogens (tertiary/aromatic N) is 8. The lowest BCUT2D eigenvalue weighted by Gasteiger charge is -2.14. The van der Waals surface area contributed by atoms with Crippen molar-refractivity contribution < 1.29 is 9.53 Å². The fourth-order valence-electron chi connectivity index (χ4n) is 4.31. The lowest BCUT2D eigenvalue weighted by Crippen LogP contribution is -2.22. The molecule has 0 radical (unpaired) electrons. The van der Waals surface area contributed by atoms with E-state index in [1.807, 2.05) is 36.7 Å². The van der Waals surface area contributed by atoms with Gasteiger partial charge in [-0.3, -0.25) is 14.2 Å². The molecular formula is C26H25N9O3. The Kier molecular flexibility index (Phi) is 5.70. The molecule has 12 heteroatoms. The van der Waals surface area contributed by atoms with Gasteiger partial charge in [0, 0.05) is 24.2 Å². The van der Waals surface area contributed by atoms with E-state index in [1.54, 1.807) is 35.4 Å². The molecule has 12 nitrogen and oxygen atoms in total. The number of primary amides is 1. The van der Waals surface area contributed by atoms with Gasteiger partial charge in [0.1, 0.15) is 29.9 Å². The van der Waals surface area contributed by atoms with Crippen molar-refractivity contribution in [2.45, 2.75) is 38.6 Å². The average Bonchev–Trinajstić information content (AvgIpc) is 3.42. The highest BCUT2D eigenvalue weighted by molar-refractivity contribution is 5.83. The van der Waals surface area contributed by atoms with Crippen LogP contribution in [0.3, 0.4) is 0 Å². The molecule has 0 spiro atoms. The quantitative estimate of drug-likeness (QED) is 0.334. The second-order valence-corrected chi connectivity index (χ2v) is 9.53. The van der Waals surface area contributed by atoms with Crippen molar-refractivity contribution in [3.05, 3.63) is 71.6 Å². The van der Waals surface area contributed by atoms with Crippen molar-refractivity contribution in [3.8, 4) is 28.8 Å². The minimum absolute atomic E-state index is 0.142. The van der Waals surface area contributed by atoms with Crippen LogP contribution in [0.1, 0.15) is 44.3 Å². The van der Waals surface area contributed by atoms with Crippen LogP contribution < -0.4 is 16.0 Å². The molecule has 0 atom stereocenters. The zero-order valence-corrected chi connectivity index (χ0v) is 20.9. The molecule has 38 heavy (non-hydrogen) atoms. The van der Waals surface area contributed by atoms with Crippen LogP contribution in [0, 0.1) is 0 Å². The first-order valence-electron chi connectivity index (χ1n) is 12.3. The lowest BCUT2D eigenvalue weighted by molar-refractivity contribution is -0.119. The monoisotopic (exact) mass is 511 g/mol. The van der Waals surface area contributed by atoms with Crippen LogP contribution in [0.5, 0.6) is 5.75 Å². The number of aromatic nitrogens is 8. The van der Waals surface area contributed by atoms with Crippen molar-refractivity contribution in [1.29, 1.82) is 0 Å². The number of pyridine rings is 1. The third-order valence-corrected chi connectivity index (χ3v) is 6.42. The molecule has 1 saturated carbocycles. The van der Waals surface area contributed by atoms with E-state index in [-0.39, 0.29) is 18.2 Å². The smallest absolute Gasteiger partial charge is 0.267 e. The van der Waals surface area contributed by atoms with Gasteiger partial charge in [-0.05, 0) is 44.9 Å². The van der Waals surface area contributed by atoms with Crippen LogP contribution in [0.25, 0.3) is 33.9 Å². The Morgan fingerprint density at radius 3 is 2.76 bits per heavy atom. The van der Waals surface area contributed by atoms with Crippen LogP contribution in [-0.2, 0) is 4.79 Å². The van der Waals surface area contributed by atoms with E-state index < -0.39 is 5.91 Å². The third kappa shape index (κ3) is 4.29. The Bertz CT molecular complexity index is 1730. The number of carbonyl (C=O) groups is 1. The summed E-state index contributed by atoms with van der Waals surface area (Å²) in [5.41, 5.74) is 7.53. The number of hydrogen-bond acceptors (Lipinski definition) is 8. The topological polar surface area (TPSA) is 149 Å². The van der Waals surface area contributed by atoms with Gasteiger partial charge in [-0.2, -0.15) is 0 Å². The molecule has 1 aliphatic rings. The summed E-state index contributed by atoms with van der Waals surface area (Å²) in [4.78, 5) is 38.8. The minimum Gasteiger partial charge on any atom is -0.482 e. The highest BCUT2D eigenvalue weighted by Gasteiger charge is 2.26. The summed E-state index contributed by atoms with van der Waals surface area (Å²) in [6.07, 6.45) is 8.88. The van der Waals surface area contributed by atoms with Gasteiger partial charge < -0.3 is 19.6 Å². The Balaban J connectivity index is 1.46. The van der Waals surface area contributed by atoms with Gasteiger partial charge in [-0.15, -0.1) is 10.2 Å². The number of ether oxygens (including phenoxy) is 1. The molecule has 0 saturated heterocycles. The molecule has 0 aliphatic heterocycles. The maximum absolute atomic E-state index is 13.7. The van der Waals surface area contributed by atoms with Gasteiger partial charge in [-0.1, -0.05) is 6.07 Å². The van der Waals surface area contributed by atoms with Crippen LogP contribution in [0.2, 0.25) is 0 Å². The molecule has 2 N–H and O–H groups in total. The maximum Gasteiger partial charge on any atom is 0.267 e. The number of nitrogens with two attached hydrogens (primary N) is 1. The average molecular weight is 512 g/mol. The van der Waals surface area contributed by atoms with Gasteiger partial charge in [-0.25, -0.2) is 15.0 Å². The number of benzene rings is 1. The van der Waals surface area contributed by atoms with E-state index >= 15 is 0 Å². The van der Waals surface area contributed by atoms with Crippen molar-refractivity contribution >= 4 is 16.8 Å². The highest BCUT2D eigenvalue weighted by Crippen LogP contribution is 2.39. The van der Waals surface area contributed by atoms with Crippen LogP contribution in [0.15, 0.2) is 60.3 Å². The molecule has 0 bridgehead atoms. The zero-order valence-electron chi connectivity index (χ0n) is 20.9. The van der Waals surface area contributed by atoms with E-state index in [0.29, 0.717) is 45.6 Å². The normalized spacial score (nSPS) is 13.3. The Hall–Kier alpha value is -4.87. The van der Waals surface area contributed by atoms with E-state index in [0.717, 1.165) is 18.5 Å². The first-order chi connectivity index (χ1) is 18.4. The summed E-state index contributed by atoms with van der Waals surface area (Å²) in [6.45, 7) is 3.75. The predicted octanol–water partition coefficient (Wildman–Crippen LogP) is 2.55. The van der Waals surface area contributed by atoms with Crippen LogP contribution in [-0.4, -0.2) is 51.4 Å². The Morgan fingerprint density at radius 1 is 1.16 bits per heavy atom. The standard InChI is InChI=1S/C26H25N9O3/c1-15(2)34-14-30-32-25(34)18-4-3-5-24(31-18)35-13-29-19-9-22(38-11-23(27)36)21(8-17(19)26(35)37)33-10-20(28-12-33)16-6-7-16/h3-5,8-10,12-16H,6-7,11H2,1-2H3,(H2,27,36). The second kappa shape index (κ2) is 9.21. The molecular weight excluding hydrogens is 486 g/mol. The van der Waals surface area contributed by atoms with E-state index in [4.69, 9.17) is 10.5 Å². The van der Waals surface area contributed by atoms with Gasteiger partial charge in [0.15, 0.2) is 12.4 Å². The Labute approximate surface area is 216 Å². The first kappa shape index (κ1) is 23.5. The van der Waals surface area contributed by atoms with Crippen LogP contribution in [0.4, 0.5) is 0 Å². The van der Waals surface area contributed by atoms with E-state index in [1.165, 1.54) is 10.9 Å². The molecule has 5 aromatic rings. The Morgan fingerprint density at radius 2 is 2.00 bits per heavy atom. The first-order valence-corrected chi connectivity index (χ1v) is 12.3. The summed E-state index contributed by atoms with van der Waals surface area (Å²) in [5, 5.41) is 8.58. The van der Waals surface area contributed by atoms with Crippen molar-refractivity contribution in [1.82, 2.24) is 38.9 Å². The van der Waals surface area contributed by atoms with Gasteiger partial charge in [0.2, 0.25) is 0 Å². The molecule has 6 rings (SSSR count). The number of fused-ring (bicyclic) bond motifs is 1. The second-order valence-electron chi connectivity index (χ2n) is 9.53. The molecule has 1 aromatic carbocycles. The SMILES string of the molecule is CC(C)n1cnnc1-c1cccc(-n2cnc3cc(OCC(N)=O)c(-n4cnc(C5CC5)c4)cc3c2=O)n1. The zero-order chi connectivity index (χ0) is 26.4.